The summed E-state index contributed by atoms with van der Waals surface area (Å²) in [5.74, 6) is 0.467. The zero-order valence-corrected chi connectivity index (χ0v) is 22.0. The minimum absolute atomic E-state index is 0.0652. The van der Waals surface area contributed by atoms with E-state index in [9.17, 15) is 9.59 Å². The van der Waals surface area contributed by atoms with Crippen LogP contribution >= 0.6 is 0 Å². The highest BCUT2D eigenvalue weighted by Gasteiger charge is 2.34. The van der Waals surface area contributed by atoms with Crippen molar-refractivity contribution in [1.29, 1.82) is 0 Å². The van der Waals surface area contributed by atoms with Crippen LogP contribution in [-0.4, -0.2) is 81.8 Å². The molecule has 0 spiro atoms. The first-order valence-corrected chi connectivity index (χ1v) is 13.7. The predicted molar refractivity (Wildman–Crippen MR) is 146 cm³/mol. The third-order valence-electron chi connectivity index (χ3n) is 8.05. The highest BCUT2D eigenvalue weighted by atomic mass is 16.2. The van der Waals surface area contributed by atoms with E-state index in [1.807, 2.05) is 52.3 Å². The fraction of sp³-hybridized carbons (Fsp3) is 0.467. The van der Waals surface area contributed by atoms with Gasteiger partial charge in [-0.05, 0) is 70.3 Å². The average Bonchev–Trinajstić information content (AvgIpc) is 2.97. The second-order valence-electron chi connectivity index (χ2n) is 10.2. The first-order chi connectivity index (χ1) is 18.1. The highest BCUT2D eigenvalue weighted by Crippen LogP contribution is 2.29. The van der Waals surface area contributed by atoms with Crippen LogP contribution in [-0.2, 0) is 4.79 Å². The Morgan fingerprint density at radius 1 is 1.00 bits per heavy atom. The van der Waals surface area contributed by atoms with Crippen molar-refractivity contribution >= 4 is 22.7 Å². The van der Waals surface area contributed by atoms with Gasteiger partial charge in [0.2, 0.25) is 5.91 Å². The number of para-hydroxylation sites is 1. The van der Waals surface area contributed by atoms with Crippen LogP contribution < -0.4 is 0 Å². The Balaban J connectivity index is 1.29. The molecule has 2 aromatic heterocycles. The number of carbonyl (C=O) groups is 2. The minimum Gasteiger partial charge on any atom is -0.343 e. The van der Waals surface area contributed by atoms with Crippen molar-refractivity contribution < 1.29 is 9.59 Å². The zero-order chi connectivity index (χ0) is 25.8. The number of pyridine rings is 2. The Bertz CT molecular complexity index is 1240. The van der Waals surface area contributed by atoms with Crippen molar-refractivity contribution in [3.8, 4) is 11.3 Å². The van der Waals surface area contributed by atoms with E-state index in [0.717, 1.165) is 87.1 Å². The molecule has 5 rings (SSSR count). The molecule has 7 nitrogen and oxygen atoms in total. The number of piperidine rings is 2. The smallest absolute Gasteiger partial charge is 0.254 e. The van der Waals surface area contributed by atoms with E-state index in [0.29, 0.717) is 17.5 Å². The van der Waals surface area contributed by atoms with Crippen molar-refractivity contribution in [3.63, 3.8) is 0 Å². The van der Waals surface area contributed by atoms with E-state index >= 15 is 0 Å². The number of fused-ring (bicyclic) bond motifs is 1. The van der Waals surface area contributed by atoms with E-state index in [1.54, 1.807) is 12.4 Å². The van der Waals surface area contributed by atoms with Crippen LogP contribution in [0.2, 0.25) is 0 Å². The summed E-state index contributed by atoms with van der Waals surface area (Å²) in [6.45, 7) is 9.01. The first-order valence-electron chi connectivity index (χ1n) is 13.7. The average molecular weight is 500 g/mol. The van der Waals surface area contributed by atoms with Gasteiger partial charge in [-0.1, -0.05) is 18.2 Å². The van der Waals surface area contributed by atoms with Crippen LogP contribution in [0.5, 0.6) is 0 Å². The Morgan fingerprint density at radius 2 is 1.78 bits per heavy atom. The van der Waals surface area contributed by atoms with Gasteiger partial charge in [0.1, 0.15) is 0 Å². The van der Waals surface area contributed by atoms with Crippen LogP contribution in [0, 0.1) is 5.92 Å². The van der Waals surface area contributed by atoms with Crippen molar-refractivity contribution in [2.75, 3.05) is 39.3 Å². The van der Waals surface area contributed by atoms with Crippen molar-refractivity contribution in [1.82, 2.24) is 24.7 Å². The normalized spacial score (nSPS) is 19.2. The lowest BCUT2D eigenvalue weighted by molar-refractivity contribution is -0.137. The number of aromatic nitrogens is 2. The summed E-state index contributed by atoms with van der Waals surface area (Å²) in [4.78, 5) is 42.3. The van der Waals surface area contributed by atoms with Gasteiger partial charge in [0.15, 0.2) is 0 Å². The van der Waals surface area contributed by atoms with Crippen molar-refractivity contribution in [2.24, 2.45) is 5.92 Å². The number of hydrogen-bond donors (Lipinski definition) is 0. The fourth-order valence-corrected chi connectivity index (χ4v) is 5.95. The molecule has 2 aliphatic heterocycles. The largest absolute Gasteiger partial charge is 0.343 e. The molecule has 3 aromatic rings. The fourth-order valence-electron chi connectivity index (χ4n) is 5.95. The third-order valence-corrected chi connectivity index (χ3v) is 8.05. The summed E-state index contributed by atoms with van der Waals surface area (Å²) in [5, 5.41) is 0.885. The summed E-state index contributed by atoms with van der Waals surface area (Å²) < 4.78 is 0. The standard InChI is InChI=1S/C30H37N5O2/c1-3-33(4-2)29(36)23-10-8-16-35(21-23)24-13-17-34(18-14-24)30(37)26-19-28(22-9-7-15-31-20-22)32-27-12-6-5-11-25(26)27/h5-7,9,11-12,15,19-20,23-24H,3-4,8,10,13-14,16-18,21H2,1-2H3. The van der Waals surface area contributed by atoms with Gasteiger partial charge in [-0.25, -0.2) is 4.98 Å². The van der Waals surface area contributed by atoms with Crippen LogP contribution in [0.3, 0.4) is 0 Å². The van der Waals surface area contributed by atoms with E-state index < -0.39 is 0 Å². The summed E-state index contributed by atoms with van der Waals surface area (Å²) >= 11 is 0. The second-order valence-corrected chi connectivity index (χ2v) is 10.2. The first kappa shape index (κ1) is 25.3. The Kier molecular flexibility index (Phi) is 7.79. The molecule has 1 unspecified atom stereocenters. The van der Waals surface area contributed by atoms with E-state index in [4.69, 9.17) is 4.98 Å². The summed E-state index contributed by atoms with van der Waals surface area (Å²) in [6, 6.07) is 14.1. The molecule has 0 saturated carbocycles. The number of benzene rings is 1. The SMILES string of the molecule is CCN(CC)C(=O)C1CCCN(C2CCN(C(=O)c3cc(-c4cccnc4)nc4ccccc34)CC2)C1. The molecule has 0 aliphatic carbocycles. The number of likely N-dealkylation sites (tertiary alicyclic amines) is 2. The topological polar surface area (TPSA) is 69.6 Å². The predicted octanol–water partition coefficient (Wildman–Crippen LogP) is 4.48. The molecule has 194 valence electrons. The molecular weight excluding hydrogens is 462 g/mol. The molecule has 0 N–H and O–H groups in total. The van der Waals surface area contributed by atoms with E-state index in [-0.39, 0.29) is 11.8 Å². The second kappa shape index (κ2) is 11.4. The van der Waals surface area contributed by atoms with Gasteiger partial charge in [0.05, 0.1) is 22.7 Å². The van der Waals surface area contributed by atoms with E-state index in [1.165, 1.54) is 0 Å². The van der Waals surface area contributed by atoms with Gasteiger partial charge in [0, 0.05) is 62.1 Å². The minimum atomic E-state index is 0.0652. The molecule has 1 atom stereocenters. The lowest BCUT2D eigenvalue weighted by atomic mass is 9.92. The maximum Gasteiger partial charge on any atom is 0.254 e. The van der Waals surface area contributed by atoms with Crippen LogP contribution in [0.25, 0.3) is 22.2 Å². The number of rotatable bonds is 6. The van der Waals surface area contributed by atoms with Gasteiger partial charge in [0.25, 0.3) is 5.91 Å². The van der Waals surface area contributed by atoms with Gasteiger partial charge < -0.3 is 9.80 Å². The van der Waals surface area contributed by atoms with Crippen LogP contribution in [0.1, 0.15) is 49.9 Å². The van der Waals surface area contributed by atoms with Crippen LogP contribution in [0.15, 0.2) is 54.9 Å². The summed E-state index contributed by atoms with van der Waals surface area (Å²) in [7, 11) is 0. The molecule has 2 saturated heterocycles. The summed E-state index contributed by atoms with van der Waals surface area (Å²) in [5.41, 5.74) is 3.19. The monoisotopic (exact) mass is 499 g/mol. The molecular formula is C30H37N5O2. The van der Waals surface area contributed by atoms with Gasteiger partial charge >= 0.3 is 0 Å². The molecule has 7 heteroatoms. The van der Waals surface area contributed by atoms with Crippen LogP contribution in [0.4, 0.5) is 0 Å². The van der Waals surface area contributed by atoms with Gasteiger partial charge in [-0.2, -0.15) is 0 Å². The maximum atomic E-state index is 13.8. The molecule has 2 amide bonds. The maximum absolute atomic E-state index is 13.8. The molecule has 1 aromatic carbocycles. The zero-order valence-electron chi connectivity index (χ0n) is 22.0. The lowest BCUT2D eigenvalue weighted by Gasteiger charge is -2.42. The molecule has 0 bridgehead atoms. The number of hydrogen-bond acceptors (Lipinski definition) is 5. The lowest BCUT2D eigenvalue weighted by Crippen LogP contribution is -2.52. The van der Waals surface area contributed by atoms with Gasteiger partial charge in [-0.15, -0.1) is 0 Å². The molecule has 0 radical (unpaired) electrons. The van der Waals surface area contributed by atoms with Crippen molar-refractivity contribution in [2.45, 2.75) is 45.6 Å². The summed E-state index contributed by atoms with van der Waals surface area (Å²) in [6.07, 6.45) is 7.46. The highest BCUT2D eigenvalue weighted by molar-refractivity contribution is 6.07. The number of amides is 2. The van der Waals surface area contributed by atoms with Gasteiger partial charge in [-0.3, -0.25) is 19.5 Å². The Hall–Kier alpha value is -3.32. The molecule has 2 aliphatic rings. The number of carbonyl (C=O) groups excluding carboxylic acids is 2. The molecule has 4 heterocycles. The molecule has 2 fully saturated rings. The third kappa shape index (κ3) is 5.37. The Morgan fingerprint density at radius 3 is 2.51 bits per heavy atom. The number of nitrogens with zero attached hydrogens (tertiary/aromatic N) is 5. The molecule has 37 heavy (non-hydrogen) atoms. The van der Waals surface area contributed by atoms with Crippen molar-refractivity contribution in [3.05, 3.63) is 60.4 Å². The van der Waals surface area contributed by atoms with E-state index in [2.05, 4.69) is 23.7 Å². The quantitative estimate of drug-likeness (QED) is 0.500. The Labute approximate surface area is 219 Å².